The number of ether oxygens (including phenoxy) is 4. The van der Waals surface area contributed by atoms with Crippen molar-refractivity contribution < 1.29 is 23.7 Å². The Morgan fingerprint density at radius 3 is 2.94 bits per heavy atom. The molecule has 1 rings (SSSR count). The summed E-state index contributed by atoms with van der Waals surface area (Å²) in [5.74, 6) is -0.232. The number of esters is 1. The molecule has 1 N–H and O–H groups in total. The van der Waals surface area contributed by atoms with Gasteiger partial charge in [0.05, 0.1) is 25.7 Å². The second-order valence-corrected chi connectivity index (χ2v) is 4.08. The molecule has 0 amide bonds. The highest BCUT2D eigenvalue weighted by atomic mass is 16.6. The second kappa shape index (κ2) is 10.3. The molecule has 18 heavy (non-hydrogen) atoms. The van der Waals surface area contributed by atoms with Gasteiger partial charge in [0.1, 0.15) is 6.61 Å². The Balaban J connectivity index is 1.90. The molecule has 0 aromatic carbocycles. The fourth-order valence-corrected chi connectivity index (χ4v) is 1.62. The maximum Gasteiger partial charge on any atom is 0.308 e. The van der Waals surface area contributed by atoms with Gasteiger partial charge in [0.15, 0.2) is 0 Å². The van der Waals surface area contributed by atoms with E-state index < -0.39 is 0 Å². The van der Waals surface area contributed by atoms with Crippen LogP contribution in [0.15, 0.2) is 0 Å². The maximum atomic E-state index is 11.4. The third kappa shape index (κ3) is 7.60. The first kappa shape index (κ1) is 15.4. The van der Waals surface area contributed by atoms with E-state index in [1.54, 1.807) is 7.11 Å². The molecule has 1 atom stereocenters. The minimum absolute atomic E-state index is 0.0612. The number of hydrogen-bond acceptors (Lipinski definition) is 6. The molecule has 0 aromatic heterocycles. The van der Waals surface area contributed by atoms with E-state index in [9.17, 15) is 4.79 Å². The van der Waals surface area contributed by atoms with Crippen LogP contribution in [0.1, 0.15) is 12.8 Å². The van der Waals surface area contributed by atoms with E-state index in [1.807, 2.05) is 0 Å². The molecule has 1 aliphatic rings. The molecule has 1 aliphatic heterocycles. The van der Waals surface area contributed by atoms with Crippen LogP contribution < -0.4 is 5.32 Å². The van der Waals surface area contributed by atoms with Crippen molar-refractivity contribution in [2.24, 2.45) is 0 Å². The summed E-state index contributed by atoms with van der Waals surface area (Å²) in [6.45, 7) is 4.25. The smallest absolute Gasteiger partial charge is 0.308 e. The summed E-state index contributed by atoms with van der Waals surface area (Å²) >= 11 is 0. The third-order valence-corrected chi connectivity index (χ3v) is 2.53. The summed E-state index contributed by atoms with van der Waals surface area (Å²) in [5, 5.41) is 3.17. The number of carbonyl (C=O) groups is 1. The summed E-state index contributed by atoms with van der Waals surface area (Å²) in [6, 6.07) is 0. The number of morpholine rings is 1. The lowest BCUT2D eigenvalue weighted by Gasteiger charge is -2.22. The predicted molar refractivity (Wildman–Crippen MR) is 65.5 cm³/mol. The van der Waals surface area contributed by atoms with E-state index in [0.29, 0.717) is 46.0 Å². The zero-order chi connectivity index (χ0) is 13.1. The van der Waals surface area contributed by atoms with Gasteiger partial charge in [-0.3, -0.25) is 4.79 Å². The molecule has 106 valence electrons. The van der Waals surface area contributed by atoms with Crippen molar-refractivity contribution >= 4 is 5.97 Å². The summed E-state index contributed by atoms with van der Waals surface area (Å²) < 4.78 is 20.6. The van der Waals surface area contributed by atoms with Crippen LogP contribution in [0.25, 0.3) is 0 Å². The first-order chi connectivity index (χ1) is 8.83. The zero-order valence-corrected chi connectivity index (χ0v) is 11.0. The Kier molecular flexibility index (Phi) is 8.75. The summed E-state index contributed by atoms with van der Waals surface area (Å²) in [7, 11) is 1.66. The van der Waals surface area contributed by atoms with Crippen LogP contribution in [0.5, 0.6) is 0 Å². The Labute approximate surface area is 108 Å². The zero-order valence-electron chi connectivity index (χ0n) is 11.0. The fourth-order valence-electron chi connectivity index (χ4n) is 1.62. The number of carbonyl (C=O) groups excluding carboxylic acids is 1. The lowest BCUT2D eigenvalue weighted by molar-refractivity contribution is -0.148. The van der Waals surface area contributed by atoms with Gasteiger partial charge in [-0.25, -0.2) is 0 Å². The van der Waals surface area contributed by atoms with Crippen molar-refractivity contribution in [3.8, 4) is 0 Å². The standard InChI is InChI=1S/C12H23NO5/c1-15-4-2-5-16-7-8-18-12(14)9-11-10-13-3-6-17-11/h11,13H,2-10H2,1H3. The van der Waals surface area contributed by atoms with Crippen LogP contribution in [0.3, 0.4) is 0 Å². The summed E-state index contributed by atoms with van der Waals surface area (Å²) in [6.07, 6.45) is 1.09. The van der Waals surface area contributed by atoms with Crippen LogP contribution in [-0.4, -0.2) is 65.3 Å². The van der Waals surface area contributed by atoms with Crippen molar-refractivity contribution in [2.45, 2.75) is 18.9 Å². The predicted octanol–water partition coefficient (Wildman–Crippen LogP) is -0.0388. The molecule has 0 radical (unpaired) electrons. The van der Waals surface area contributed by atoms with Crippen LogP contribution in [0.4, 0.5) is 0 Å². The fraction of sp³-hybridized carbons (Fsp3) is 0.917. The Morgan fingerprint density at radius 2 is 2.22 bits per heavy atom. The second-order valence-electron chi connectivity index (χ2n) is 4.08. The molecule has 0 saturated carbocycles. The molecular weight excluding hydrogens is 238 g/mol. The lowest BCUT2D eigenvalue weighted by Crippen LogP contribution is -2.39. The SMILES string of the molecule is COCCCOCCOC(=O)CC1CNCCO1. The Bertz CT molecular complexity index is 219. The van der Waals surface area contributed by atoms with E-state index in [2.05, 4.69) is 5.32 Å². The highest BCUT2D eigenvalue weighted by molar-refractivity contribution is 5.70. The van der Waals surface area contributed by atoms with E-state index >= 15 is 0 Å². The van der Waals surface area contributed by atoms with Crippen LogP contribution in [0, 0.1) is 0 Å². The van der Waals surface area contributed by atoms with Crippen LogP contribution in [-0.2, 0) is 23.7 Å². The Hall–Kier alpha value is -0.690. The maximum absolute atomic E-state index is 11.4. The molecule has 1 saturated heterocycles. The molecule has 6 heteroatoms. The monoisotopic (exact) mass is 261 g/mol. The van der Waals surface area contributed by atoms with E-state index in [1.165, 1.54) is 0 Å². The van der Waals surface area contributed by atoms with Crippen molar-refractivity contribution in [1.82, 2.24) is 5.32 Å². The van der Waals surface area contributed by atoms with Crippen molar-refractivity contribution in [1.29, 1.82) is 0 Å². The molecule has 0 bridgehead atoms. The quantitative estimate of drug-likeness (QED) is 0.464. The minimum atomic E-state index is -0.232. The largest absolute Gasteiger partial charge is 0.463 e. The van der Waals surface area contributed by atoms with Gasteiger partial charge in [0.25, 0.3) is 0 Å². The highest BCUT2D eigenvalue weighted by Crippen LogP contribution is 2.02. The topological polar surface area (TPSA) is 66.0 Å². The van der Waals surface area contributed by atoms with Gasteiger partial charge < -0.3 is 24.3 Å². The highest BCUT2D eigenvalue weighted by Gasteiger charge is 2.17. The summed E-state index contributed by atoms with van der Waals surface area (Å²) in [5.41, 5.74) is 0. The van der Waals surface area contributed by atoms with Gasteiger partial charge in [-0.15, -0.1) is 0 Å². The van der Waals surface area contributed by atoms with Gasteiger partial charge in [-0.05, 0) is 6.42 Å². The van der Waals surface area contributed by atoms with Gasteiger partial charge in [-0.1, -0.05) is 0 Å². The normalized spacial score (nSPS) is 19.7. The molecule has 0 spiro atoms. The Morgan fingerprint density at radius 1 is 1.33 bits per heavy atom. The minimum Gasteiger partial charge on any atom is -0.463 e. The molecule has 0 aromatic rings. The van der Waals surface area contributed by atoms with Crippen molar-refractivity contribution in [2.75, 3.05) is 53.2 Å². The average molecular weight is 261 g/mol. The molecule has 1 heterocycles. The molecular formula is C12H23NO5. The van der Waals surface area contributed by atoms with E-state index in [0.717, 1.165) is 13.0 Å². The molecule has 1 fully saturated rings. The van der Waals surface area contributed by atoms with Crippen LogP contribution >= 0.6 is 0 Å². The van der Waals surface area contributed by atoms with E-state index in [4.69, 9.17) is 18.9 Å². The van der Waals surface area contributed by atoms with Gasteiger partial charge in [-0.2, -0.15) is 0 Å². The van der Waals surface area contributed by atoms with E-state index in [-0.39, 0.29) is 12.1 Å². The first-order valence-electron chi connectivity index (χ1n) is 6.37. The number of methoxy groups -OCH3 is 1. The van der Waals surface area contributed by atoms with Crippen molar-refractivity contribution in [3.63, 3.8) is 0 Å². The average Bonchev–Trinajstić information content (AvgIpc) is 2.39. The summed E-state index contributed by atoms with van der Waals surface area (Å²) in [4.78, 5) is 11.4. The molecule has 1 unspecified atom stereocenters. The third-order valence-electron chi connectivity index (χ3n) is 2.53. The molecule has 6 nitrogen and oxygen atoms in total. The first-order valence-corrected chi connectivity index (χ1v) is 6.37. The number of nitrogens with one attached hydrogen (secondary N) is 1. The van der Waals surface area contributed by atoms with Crippen LogP contribution in [0.2, 0.25) is 0 Å². The van der Waals surface area contributed by atoms with Gasteiger partial charge >= 0.3 is 5.97 Å². The number of rotatable bonds is 9. The number of hydrogen-bond donors (Lipinski definition) is 1. The van der Waals surface area contributed by atoms with Gasteiger partial charge in [0, 0.05) is 33.4 Å². The molecule has 0 aliphatic carbocycles. The lowest BCUT2D eigenvalue weighted by atomic mass is 10.2. The van der Waals surface area contributed by atoms with Crippen molar-refractivity contribution in [3.05, 3.63) is 0 Å². The van der Waals surface area contributed by atoms with Gasteiger partial charge in [0.2, 0.25) is 0 Å².